The van der Waals surface area contributed by atoms with Gasteiger partial charge in [0.15, 0.2) is 0 Å². The van der Waals surface area contributed by atoms with E-state index in [1.54, 1.807) is 19.2 Å². The van der Waals surface area contributed by atoms with Crippen molar-refractivity contribution < 1.29 is 13.9 Å². The van der Waals surface area contributed by atoms with Crippen LogP contribution in [0.25, 0.3) is 0 Å². The summed E-state index contributed by atoms with van der Waals surface area (Å²) in [6.07, 6.45) is 3.50. The van der Waals surface area contributed by atoms with Gasteiger partial charge in [-0.1, -0.05) is 13.8 Å². The first-order valence-corrected chi connectivity index (χ1v) is 8.37. The summed E-state index contributed by atoms with van der Waals surface area (Å²) in [7, 11) is 0. The molecule has 0 aliphatic heterocycles. The van der Waals surface area contributed by atoms with Gasteiger partial charge in [-0.25, -0.2) is 9.78 Å². The highest BCUT2D eigenvalue weighted by Gasteiger charge is 2.35. The monoisotopic (exact) mass is 328 g/mol. The molecule has 1 N–H and O–H groups in total. The molecule has 0 radical (unpaired) electrons. The molecule has 1 aliphatic rings. The van der Waals surface area contributed by atoms with E-state index in [1.807, 2.05) is 13.0 Å². The quantitative estimate of drug-likeness (QED) is 0.848. The number of ether oxygens (including phenoxy) is 1. The molecule has 3 rings (SSSR count). The second kappa shape index (κ2) is 6.30. The van der Waals surface area contributed by atoms with Crippen molar-refractivity contribution in [1.82, 2.24) is 4.98 Å². The van der Waals surface area contributed by atoms with Crippen molar-refractivity contribution in [3.05, 3.63) is 47.0 Å². The smallest absolute Gasteiger partial charge is 0.339 e. The lowest BCUT2D eigenvalue weighted by Gasteiger charge is -2.35. The minimum absolute atomic E-state index is 0.155. The maximum Gasteiger partial charge on any atom is 0.339 e. The van der Waals surface area contributed by atoms with Crippen LogP contribution in [-0.4, -0.2) is 17.6 Å². The molecule has 0 spiro atoms. The molecular formula is C19H24N2O3. The van der Waals surface area contributed by atoms with Crippen LogP contribution in [0.1, 0.15) is 60.7 Å². The van der Waals surface area contributed by atoms with Crippen LogP contribution in [0.15, 0.2) is 28.8 Å². The van der Waals surface area contributed by atoms with Gasteiger partial charge in [-0.15, -0.1) is 0 Å². The average molecular weight is 328 g/mol. The predicted molar refractivity (Wildman–Crippen MR) is 92.1 cm³/mol. The predicted octanol–water partition coefficient (Wildman–Crippen LogP) is 4.29. The molecule has 0 aromatic carbocycles. The molecule has 2 aromatic rings. The normalized spacial score (nSPS) is 18.8. The third-order valence-corrected chi connectivity index (χ3v) is 4.33. The van der Waals surface area contributed by atoms with Crippen molar-refractivity contribution >= 4 is 11.8 Å². The van der Waals surface area contributed by atoms with Crippen LogP contribution in [-0.2, 0) is 11.2 Å². The fourth-order valence-electron chi connectivity index (χ4n) is 3.31. The third kappa shape index (κ3) is 3.45. The Labute approximate surface area is 142 Å². The van der Waals surface area contributed by atoms with E-state index in [1.165, 1.54) is 5.56 Å². The zero-order chi connectivity index (χ0) is 17.3. The van der Waals surface area contributed by atoms with Crippen molar-refractivity contribution in [2.45, 2.75) is 46.6 Å². The molecule has 1 aliphatic carbocycles. The summed E-state index contributed by atoms with van der Waals surface area (Å²) in [6.45, 7) is 8.63. The Morgan fingerprint density at radius 1 is 1.46 bits per heavy atom. The summed E-state index contributed by atoms with van der Waals surface area (Å²) in [4.78, 5) is 16.1. The molecule has 2 heterocycles. The van der Waals surface area contributed by atoms with E-state index in [2.05, 4.69) is 30.2 Å². The molecule has 0 unspecified atom stereocenters. The fourth-order valence-corrected chi connectivity index (χ4v) is 3.31. The lowest BCUT2D eigenvalue weighted by molar-refractivity contribution is 0.0526. The van der Waals surface area contributed by atoms with E-state index in [4.69, 9.17) is 9.15 Å². The summed E-state index contributed by atoms with van der Waals surface area (Å²) in [5.74, 6) is 2.40. The summed E-state index contributed by atoms with van der Waals surface area (Å²) in [5.41, 5.74) is 1.84. The van der Waals surface area contributed by atoms with Crippen LogP contribution >= 0.6 is 0 Å². The van der Waals surface area contributed by atoms with E-state index in [0.29, 0.717) is 12.2 Å². The topological polar surface area (TPSA) is 64.4 Å². The third-order valence-electron chi connectivity index (χ3n) is 4.33. The fraction of sp³-hybridized carbons (Fsp3) is 0.474. The van der Waals surface area contributed by atoms with E-state index >= 15 is 0 Å². The summed E-state index contributed by atoms with van der Waals surface area (Å²) >= 11 is 0. The zero-order valence-corrected chi connectivity index (χ0v) is 14.7. The number of esters is 1. The summed E-state index contributed by atoms with van der Waals surface area (Å²) in [6, 6.07) is 5.82. The van der Waals surface area contributed by atoms with Gasteiger partial charge in [0, 0.05) is 18.2 Å². The van der Waals surface area contributed by atoms with E-state index in [9.17, 15) is 4.79 Å². The van der Waals surface area contributed by atoms with Gasteiger partial charge < -0.3 is 14.5 Å². The Kier molecular flexibility index (Phi) is 4.35. The number of pyridine rings is 1. The highest BCUT2D eigenvalue weighted by Crippen LogP contribution is 2.43. The first kappa shape index (κ1) is 16.6. The van der Waals surface area contributed by atoms with E-state index in [0.717, 1.165) is 30.2 Å². The van der Waals surface area contributed by atoms with Crippen LogP contribution in [0.3, 0.4) is 0 Å². The molecule has 0 saturated heterocycles. The van der Waals surface area contributed by atoms with Gasteiger partial charge in [0.2, 0.25) is 0 Å². The van der Waals surface area contributed by atoms with Gasteiger partial charge in [0.05, 0.1) is 18.2 Å². The van der Waals surface area contributed by atoms with Crippen LogP contribution < -0.4 is 5.32 Å². The number of hydrogen-bond donors (Lipinski definition) is 1. The summed E-state index contributed by atoms with van der Waals surface area (Å²) in [5, 5.41) is 3.48. The second-order valence-corrected chi connectivity index (χ2v) is 7.13. The molecule has 0 bridgehead atoms. The number of carbonyl (C=O) groups is 1. The number of carbonyl (C=O) groups excluding carboxylic acids is 1. The number of rotatable bonds is 4. The van der Waals surface area contributed by atoms with Crippen molar-refractivity contribution in [3.8, 4) is 0 Å². The Hall–Kier alpha value is -2.30. The molecule has 0 fully saturated rings. The van der Waals surface area contributed by atoms with Crippen LogP contribution in [0.5, 0.6) is 0 Å². The SMILES string of the molecule is CCOC(=O)c1ccc(N[C@@H]2CC(C)(C)Cc3oc(C)cc32)nc1. The number of aromatic nitrogens is 1. The zero-order valence-electron chi connectivity index (χ0n) is 14.7. The van der Waals surface area contributed by atoms with Gasteiger partial charge >= 0.3 is 5.97 Å². The largest absolute Gasteiger partial charge is 0.466 e. The standard InChI is InChI=1S/C19H24N2O3/c1-5-23-18(22)13-6-7-17(20-11-13)21-15-9-19(3,4)10-16-14(15)8-12(2)24-16/h6-8,11,15H,5,9-10H2,1-4H3,(H,20,21)/t15-/m1/s1. The first-order chi connectivity index (χ1) is 11.4. The van der Waals surface area contributed by atoms with Gasteiger partial charge in [0.25, 0.3) is 0 Å². The van der Waals surface area contributed by atoms with Crippen LogP contribution in [0, 0.1) is 12.3 Å². The van der Waals surface area contributed by atoms with Gasteiger partial charge in [-0.2, -0.15) is 0 Å². The van der Waals surface area contributed by atoms with E-state index in [-0.39, 0.29) is 17.4 Å². The van der Waals surface area contributed by atoms with Crippen LogP contribution in [0.4, 0.5) is 5.82 Å². The van der Waals surface area contributed by atoms with Gasteiger partial charge in [-0.05, 0) is 43.9 Å². The van der Waals surface area contributed by atoms with E-state index < -0.39 is 0 Å². The second-order valence-electron chi connectivity index (χ2n) is 7.13. The van der Waals surface area contributed by atoms with Crippen molar-refractivity contribution in [1.29, 1.82) is 0 Å². The molecule has 1 atom stereocenters. The average Bonchev–Trinajstić information content (AvgIpc) is 2.87. The maximum absolute atomic E-state index is 11.7. The minimum atomic E-state index is -0.344. The molecule has 0 amide bonds. The highest BCUT2D eigenvalue weighted by atomic mass is 16.5. The number of aryl methyl sites for hydroxylation is 1. The van der Waals surface area contributed by atoms with Crippen molar-refractivity contribution in [3.63, 3.8) is 0 Å². The minimum Gasteiger partial charge on any atom is -0.466 e. The van der Waals surface area contributed by atoms with Gasteiger partial charge in [-0.3, -0.25) is 0 Å². The first-order valence-electron chi connectivity index (χ1n) is 8.37. The number of fused-ring (bicyclic) bond motifs is 1. The van der Waals surface area contributed by atoms with Crippen molar-refractivity contribution in [2.75, 3.05) is 11.9 Å². The Morgan fingerprint density at radius 2 is 2.25 bits per heavy atom. The molecule has 128 valence electrons. The molecular weight excluding hydrogens is 304 g/mol. The maximum atomic E-state index is 11.7. The Bertz CT molecular complexity index is 732. The van der Waals surface area contributed by atoms with Crippen molar-refractivity contribution in [2.24, 2.45) is 5.41 Å². The van der Waals surface area contributed by atoms with Gasteiger partial charge in [0.1, 0.15) is 17.3 Å². The number of hydrogen-bond acceptors (Lipinski definition) is 5. The molecule has 24 heavy (non-hydrogen) atoms. The highest BCUT2D eigenvalue weighted by molar-refractivity contribution is 5.89. The summed E-state index contributed by atoms with van der Waals surface area (Å²) < 4.78 is 10.8. The number of anilines is 1. The number of nitrogens with zero attached hydrogens (tertiary/aromatic N) is 1. The molecule has 5 nitrogen and oxygen atoms in total. The molecule has 5 heteroatoms. The Morgan fingerprint density at radius 3 is 2.92 bits per heavy atom. The number of furan rings is 1. The lowest BCUT2D eigenvalue weighted by Crippen LogP contribution is -2.28. The molecule has 2 aromatic heterocycles. The van der Waals surface area contributed by atoms with Crippen LogP contribution in [0.2, 0.25) is 0 Å². The Balaban J connectivity index is 1.79. The molecule has 0 saturated carbocycles. The lowest BCUT2D eigenvalue weighted by atomic mass is 9.75. The number of nitrogens with one attached hydrogen (secondary N) is 1.